The fourth-order valence-electron chi connectivity index (χ4n) is 2.37. The zero-order chi connectivity index (χ0) is 16.0. The molecule has 0 spiro atoms. The normalized spacial score (nSPS) is 11.2. The Balaban J connectivity index is 1.71. The molecule has 0 saturated carbocycles. The number of hydrogen-bond acceptors (Lipinski definition) is 4. The summed E-state index contributed by atoms with van der Waals surface area (Å²) >= 11 is 3.36. The number of furan rings is 1. The lowest BCUT2D eigenvalue weighted by Gasteiger charge is -2.02. The largest absolute Gasteiger partial charge is 0.451 e. The Labute approximate surface area is 137 Å². The van der Waals surface area contributed by atoms with Crippen LogP contribution >= 0.6 is 15.9 Å². The van der Waals surface area contributed by atoms with Crippen LogP contribution in [0, 0.1) is 0 Å². The number of aromatic nitrogens is 1. The number of oxazole rings is 1. The van der Waals surface area contributed by atoms with E-state index in [4.69, 9.17) is 8.83 Å². The van der Waals surface area contributed by atoms with Crippen molar-refractivity contribution >= 4 is 49.6 Å². The summed E-state index contributed by atoms with van der Waals surface area (Å²) < 4.78 is 11.5. The maximum absolute atomic E-state index is 12.4. The van der Waals surface area contributed by atoms with Crippen LogP contribution in [0.15, 0.2) is 60.6 Å². The van der Waals surface area contributed by atoms with E-state index in [-0.39, 0.29) is 5.76 Å². The minimum atomic E-state index is -0.574. The van der Waals surface area contributed by atoms with Crippen LogP contribution in [0.4, 0.5) is 5.69 Å². The number of anilines is 1. The van der Waals surface area contributed by atoms with E-state index < -0.39 is 11.7 Å². The van der Waals surface area contributed by atoms with E-state index in [9.17, 15) is 9.59 Å². The van der Waals surface area contributed by atoms with Gasteiger partial charge in [-0.05, 0) is 36.4 Å². The molecule has 6 nitrogen and oxygen atoms in total. The predicted octanol–water partition coefficient (Wildman–Crippen LogP) is 3.88. The van der Waals surface area contributed by atoms with Crippen molar-refractivity contribution in [1.82, 2.24) is 4.98 Å². The van der Waals surface area contributed by atoms with Crippen LogP contribution in [0.25, 0.3) is 22.1 Å². The van der Waals surface area contributed by atoms with Crippen molar-refractivity contribution in [2.24, 2.45) is 0 Å². The van der Waals surface area contributed by atoms with Gasteiger partial charge in [0, 0.05) is 9.86 Å². The van der Waals surface area contributed by atoms with Crippen molar-refractivity contribution in [3.63, 3.8) is 0 Å². The number of H-pyrrole nitrogens is 1. The molecule has 0 saturated heterocycles. The first-order valence-electron chi connectivity index (χ1n) is 6.72. The van der Waals surface area contributed by atoms with E-state index in [0.29, 0.717) is 22.4 Å². The first-order valence-corrected chi connectivity index (χ1v) is 7.52. The Morgan fingerprint density at radius 3 is 2.87 bits per heavy atom. The van der Waals surface area contributed by atoms with E-state index in [1.807, 2.05) is 12.1 Å². The fourth-order valence-corrected chi connectivity index (χ4v) is 2.71. The Morgan fingerprint density at radius 1 is 1.13 bits per heavy atom. The number of hydrogen-bond donors (Lipinski definition) is 2. The highest BCUT2D eigenvalue weighted by molar-refractivity contribution is 9.10. The summed E-state index contributed by atoms with van der Waals surface area (Å²) in [5, 5.41) is 3.52. The fraction of sp³-hybridized carbons (Fsp3) is 0. The van der Waals surface area contributed by atoms with Crippen molar-refractivity contribution in [1.29, 1.82) is 0 Å². The molecule has 2 heterocycles. The summed E-state index contributed by atoms with van der Waals surface area (Å²) in [6.07, 6.45) is 0. The van der Waals surface area contributed by atoms with Crippen molar-refractivity contribution < 1.29 is 13.6 Å². The zero-order valence-corrected chi connectivity index (χ0v) is 13.1. The van der Waals surface area contributed by atoms with E-state index in [2.05, 4.69) is 26.2 Å². The number of para-hydroxylation sites is 1. The molecule has 0 aliphatic heterocycles. The molecular weight excluding hydrogens is 364 g/mol. The minimum Gasteiger partial charge on any atom is -0.451 e. The summed E-state index contributed by atoms with van der Waals surface area (Å²) in [6.45, 7) is 0. The molecule has 1 amide bonds. The molecule has 0 atom stereocenters. The van der Waals surface area contributed by atoms with Gasteiger partial charge in [0.25, 0.3) is 5.91 Å². The molecule has 4 rings (SSSR count). The van der Waals surface area contributed by atoms with Crippen molar-refractivity contribution in [2.45, 2.75) is 0 Å². The molecule has 2 aromatic heterocycles. The Kier molecular flexibility index (Phi) is 3.09. The first kappa shape index (κ1) is 13.8. The van der Waals surface area contributed by atoms with Gasteiger partial charge in [-0.15, -0.1) is 0 Å². The number of carbonyl (C=O) groups excluding carboxylic acids is 1. The second-order valence-corrected chi connectivity index (χ2v) is 5.86. The van der Waals surface area contributed by atoms with Gasteiger partial charge in [-0.3, -0.25) is 9.78 Å². The average Bonchev–Trinajstić information content (AvgIpc) is 3.09. The average molecular weight is 373 g/mol. The number of nitrogens with one attached hydrogen (secondary N) is 2. The maximum atomic E-state index is 12.4. The molecule has 2 N–H and O–H groups in total. The second-order valence-electron chi connectivity index (χ2n) is 4.94. The van der Waals surface area contributed by atoms with Crippen LogP contribution in [-0.4, -0.2) is 10.9 Å². The van der Waals surface area contributed by atoms with Gasteiger partial charge >= 0.3 is 5.76 Å². The number of rotatable bonds is 2. The Morgan fingerprint density at radius 2 is 2.00 bits per heavy atom. The monoisotopic (exact) mass is 372 g/mol. The lowest BCUT2D eigenvalue weighted by molar-refractivity contribution is 0.0998. The van der Waals surface area contributed by atoms with Gasteiger partial charge in [0.2, 0.25) is 0 Å². The number of benzene rings is 2. The van der Waals surface area contributed by atoms with Crippen molar-refractivity contribution in [2.75, 3.05) is 5.32 Å². The highest BCUT2D eigenvalue weighted by atomic mass is 79.9. The Hall–Kier alpha value is -2.80. The summed E-state index contributed by atoms with van der Waals surface area (Å²) in [4.78, 5) is 26.2. The van der Waals surface area contributed by atoms with E-state index in [1.54, 1.807) is 30.3 Å². The number of fused-ring (bicyclic) bond motifs is 2. The SMILES string of the molecule is O=C(Nc1cccc2[nH]c(=O)oc12)c1cc2ccc(Br)cc2o1. The molecule has 114 valence electrons. The highest BCUT2D eigenvalue weighted by Gasteiger charge is 2.15. The number of aromatic amines is 1. The van der Waals surface area contributed by atoms with Crippen molar-refractivity contribution in [3.8, 4) is 0 Å². The molecule has 0 bridgehead atoms. The molecular formula is C16H9BrN2O4. The lowest BCUT2D eigenvalue weighted by atomic mass is 10.2. The number of amides is 1. The third-order valence-corrected chi connectivity index (χ3v) is 3.89. The summed E-state index contributed by atoms with van der Waals surface area (Å²) in [5.74, 6) is -0.822. The summed E-state index contributed by atoms with van der Waals surface area (Å²) in [5.41, 5.74) is 1.81. The minimum absolute atomic E-state index is 0.174. The molecule has 4 aromatic rings. The van der Waals surface area contributed by atoms with Gasteiger partial charge in [0.15, 0.2) is 11.3 Å². The van der Waals surface area contributed by atoms with Crippen LogP contribution in [0.1, 0.15) is 10.6 Å². The third-order valence-electron chi connectivity index (χ3n) is 3.40. The number of halogens is 1. The van der Waals surface area contributed by atoms with Gasteiger partial charge in [-0.2, -0.15) is 0 Å². The van der Waals surface area contributed by atoms with Crippen molar-refractivity contribution in [3.05, 3.63) is 63.2 Å². The van der Waals surface area contributed by atoms with E-state index in [1.165, 1.54) is 0 Å². The van der Waals surface area contributed by atoms with Crippen LogP contribution in [-0.2, 0) is 0 Å². The van der Waals surface area contributed by atoms with Gasteiger partial charge in [0.05, 0.1) is 11.2 Å². The van der Waals surface area contributed by atoms with Gasteiger partial charge in [-0.25, -0.2) is 4.79 Å². The quantitative estimate of drug-likeness (QED) is 0.558. The summed E-state index contributed by atoms with van der Waals surface area (Å²) in [7, 11) is 0. The molecule has 7 heteroatoms. The highest BCUT2D eigenvalue weighted by Crippen LogP contribution is 2.25. The predicted molar refractivity (Wildman–Crippen MR) is 88.7 cm³/mol. The third kappa shape index (κ3) is 2.44. The van der Waals surface area contributed by atoms with E-state index in [0.717, 1.165) is 9.86 Å². The summed E-state index contributed by atoms with van der Waals surface area (Å²) in [6, 6.07) is 12.2. The molecule has 0 fully saturated rings. The lowest BCUT2D eigenvalue weighted by Crippen LogP contribution is -2.10. The maximum Gasteiger partial charge on any atom is 0.417 e. The van der Waals surface area contributed by atoms with Crippen LogP contribution < -0.4 is 11.1 Å². The molecule has 0 radical (unpaired) electrons. The molecule has 0 aliphatic rings. The first-order chi connectivity index (χ1) is 11.1. The zero-order valence-electron chi connectivity index (χ0n) is 11.6. The van der Waals surface area contributed by atoms with Crippen LogP contribution in [0.3, 0.4) is 0 Å². The van der Waals surface area contributed by atoms with Gasteiger partial charge in [-0.1, -0.05) is 22.0 Å². The van der Waals surface area contributed by atoms with Crippen LogP contribution in [0.5, 0.6) is 0 Å². The Bertz CT molecular complexity index is 1110. The second kappa shape index (κ2) is 5.13. The number of carbonyl (C=O) groups is 1. The van der Waals surface area contributed by atoms with Gasteiger partial charge in [0.1, 0.15) is 5.58 Å². The topological polar surface area (TPSA) is 88.2 Å². The standard InChI is InChI=1S/C16H9BrN2O4/c17-9-5-4-8-6-13(22-12(8)7-9)15(20)18-10-2-1-3-11-14(10)23-16(21)19-11/h1-7H,(H,18,20)(H,19,21). The smallest absolute Gasteiger partial charge is 0.417 e. The van der Waals surface area contributed by atoms with Crippen LogP contribution in [0.2, 0.25) is 0 Å². The molecule has 23 heavy (non-hydrogen) atoms. The molecule has 0 aliphatic carbocycles. The van der Waals surface area contributed by atoms with E-state index >= 15 is 0 Å². The molecule has 0 unspecified atom stereocenters. The van der Waals surface area contributed by atoms with Gasteiger partial charge < -0.3 is 14.2 Å². The molecule has 2 aromatic carbocycles.